The fourth-order valence-electron chi connectivity index (χ4n) is 3.95. The summed E-state index contributed by atoms with van der Waals surface area (Å²) >= 11 is 0. The van der Waals surface area contributed by atoms with Crippen LogP contribution in [0.25, 0.3) is 0 Å². The highest BCUT2D eigenvalue weighted by Gasteiger charge is 2.28. The smallest absolute Gasteiger partial charge is 0.0509 e. The summed E-state index contributed by atoms with van der Waals surface area (Å²) in [6.45, 7) is 8.45. The zero-order valence-corrected chi connectivity index (χ0v) is 14.9. The van der Waals surface area contributed by atoms with Crippen LogP contribution in [0, 0.1) is 11.8 Å². The molecular formula is C22H31NO. The Kier molecular flexibility index (Phi) is 6.28. The molecule has 2 aliphatic rings. The molecule has 2 nitrogen and oxygen atoms in total. The van der Waals surface area contributed by atoms with Gasteiger partial charge in [-0.15, -0.1) is 0 Å². The van der Waals surface area contributed by atoms with Crippen LogP contribution in [-0.4, -0.2) is 25.3 Å². The average molecular weight is 325 g/mol. The van der Waals surface area contributed by atoms with Gasteiger partial charge in [-0.2, -0.15) is 0 Å². The molecule has 0 radical (unpaired) electrons. The van der Waals surface area contributed by atoms with Crippen LogP contribution in [0.3, 0.4) is 0 Å². The highest BCUT2D eigenvalue weighted by atomic mass is 16.5. The van der Waals surface area contributed by atoms with E-state index in [0.29, 0.717) is 23.9 Å². The van der Waals surface area contributed by atoms with Gasteiger partial charge in [-0.3, -0.25) is 0 Å². The number of rotatable bonds is 7. The molecule has 1 aliphatic heterocycles. The summed E-state index contributed by atoms with van der Waals surface area (Å²) in [7, 11) is 0. The molecule has 4 unspecified atom stereocenters. The minimum atomic E-state index is 0.501. The van der Waals surface area contributed by atoms with E-state index in [1.54, 1.807) is 0 Å². The molecule has 0 amide bonds. The highest BCUT2D eigenvalue weighted by Crippen LogP contribution is 2.29. The van der Waals surface area contributed by atoms with Crippen molar-refractivity contribution in [3.8, 4) is 0 Å². The zero-order chi connectivity index (χ0) is 16.8. The van der Waals surface area contributed by atoms with E-state index in [-0.39, 0.29) is 0 Å². The van der Waals surface area contributed by atoms with Gasteiger partial charge in [0.25, 0.3) is 0 Å². The van der Waals surface area contributed by atoms with Crippen LogP contribution in [0.1, 0.15) is 38.2 Å². The molecule has 2 heteroatoms. The number of aryl methyl sites for hydroxylation is 1. The predicted molar refractivity (Wildman–Crippen MR) is 101 cm³/mol. The molecule has 1 saturated heterocycles. The van der Waals surface area contributed by atoms with Crippen LogP contribution in [0.15, 0.2) is 54.6 Å². The first-order valence-corrected chi connectivity index (χ1v) is 9.50. The molecule has 1 aromatic carbocycles. The molecule has 1 aliphatic carbocycles. The van der Waals surface area contributed by atoms with Gasteiger partial charge < -0.3 is 10.1 Å². The Hall–Kier alpha value is -1.38. The molecule has 0 spiro atoms. The van der Waals surface area contributed by atoms with E-state index in [1.807, 2.05) is 0 Å². The average Bonchev–Trinajstić information content (AvgIpc) is 3.10. The standard InChI is InChI=1S/C22H31NO/c1-3-19-16-24-14-13-22(19)23-21-12-11-20(15-21)17(2)9-10-18-7-5-4-6-8-18/h4-8,11-12,19-23H,2-3,9-10,13-16H2,1H3. The van der Waals surface area contributed by atoms with Crippen LogP contribution in [0.5, 0.6) is 0 Å². The van der Waals surface area contributed by atoms with Gasteiger partial charge in [0.15, 0.2) is 0 Å². The Morgan fingerprint density at radius 1 is 1.25 bits per heavy atom. The number of allylic oxidation sites excluding steroid dienone is 2. The maximum atomic E-state index is 5.63. The Labute approximate surface area is 147 Å². The van der Waals surface area contributed by atoms with Crippen molar-refractivity contribution in [2.24, 2.45) is 11.8 Å². The third kappa shape index (κ3) is 4.58. The van der Waals surface area contributed by atoms with Crippen molar-refractivity contribution in [2.45, 2.75) is 51.1 Å². The van der Waals surface area contributed by atoms with Gasteiger partial charge >= 0.3 is 0 Å². The minimum Gasteiger partial charge on any atom is -0.381 e. The van der Waals surface area contributed by atoms with E-state index in [1.165, 1.54) is 24.0 Å². The largest absolute Gasteiger partial charge is 0.381 e. The second kappa shape index (κ2) is 8.64. The lowest BCUT2D eigenvalue weighted by Gasteiger charge is -2.33. The summed E-state index contributed by atoms with van der Waals surface area (Å²) in [5.74, 6) is 1.19. The van der Waals surface area contributed by atoms with E-state index < -0.39 is 0 Å². The molecule has 1 fully saturated rings. The summed E-state index contributed by atoms with van der Waals surface area (Å²) < 4.78 is 5.63. The fourth-order valence-corrected chi connectivity index (χ4v) is 3.95. The number of hydrogen-bond donors (Lipinski definition) is 1. The molecule has 0 saturated carbocycles. The van der Waals surface area contributed by atoms with Gasteiger partial charge in [0.2, 0.25) is 0 Å². The summed E-state index contributed by atoms with van der Waals surface area (Å²) in [5.41, 5.74) is 2.78. The molecule has 3 rings (SSSR count). The van der Waals surface area contributed by atoms with Crippen molar-refractivity contribution in [2.75, 3.05) is 13.2 Å². The third-order valence-electron chi connectivity index (χ3n) is 5.61. The Morgan fingerprint density at radius 3 is 2.88 bits per heavy atom. The lowest BCUT2D eigenvalue weighted by Crippen LogP contribution is -2.46. The van der Waals surface area contributed by atoms with Gasteiger partial charge in [-0.1, -0.05) is 61.6 Å². The molecule has 1 N–H and O–H groups in total. The van der Waals surface area contributed by atoms with Crippen LogP contribution in [0.4, 0.5) is 0 Å². The predicted octanol–water partition coefficient (Wildman–Crippen LogP) is 4.52. The third-order valence-corrected chi connectivity index (χ3v) is 5.61. The van der Waals surface area contributed by atoms with Crippen LogP contribution >= 0.6 is 0 Å². The first-order chi connectivity index (χ1) is 11.8. The second-order valence-electron chi connectivity index (χ2n) is 7.28. The maximum Gasteiger partial charge on any atom is 0.0509 e. The lowest BCUT2D eigenvalue weighted by atomic mass is 9.91. The number of ether oxygens (including phenoxy) is 1. The first-order valence-electron chi connectivity index (χ1n) is 9.50. The van der Waals surface area contributed by atoms with Crippen molar-refractivity contribution in [3.05, 3.63) is 60.2 Å². The van der Waals surface area contributed by atoms with Gasteiger partial charge in [0.1, 0.15) is 0 Å². The van der Waals surface area contributed by atoms with E-state index in [0.717, 1.165) is 32.5 Å². The van der Waals surface area contributed by atoms with E-state index in [2.05, 4.69) is 61.3 Å². The number of nitrogens with one attached hydrogen (secondary N) is 1. The molecule has 4 atom stereocenters. The molecule has 130 valence electrons. The van der Waals surface area contributed by atoms with Crippen molar-refractivity contribution < 1.29 is 4.74 Å². The molecule has 0 bridgehead atoms. The van der Waals surface area contributed by atoms with Crippen molar-refractivity contribution in [1.29, 1.82) is 0 Å². The van der Waals surface area contributed by atoms with E-state index >= 15 is 0 Å². The van der Waals surface area contributed by atoms with Gasteiger partial charge in [-0.25, -0.2) is 0 Å². The molecule has 1 aromatic rings. The van der Waals surface area contributed by atoms with Gasteiger partial charge in [0.05, 0.1) is 6.61 Å². The van der Waals surface area contributed by atoms with Crippen LogP contribution in [-0.2, 0) is 11.2 Å². The zero-order valence-electron chi connectivity index (χ0n) is 14.9. The van der Waals surface area contributed by atoms with Crippen molar-refractivity contribution in [3.63, 3.8) is 0 Å². The van der Waals surface area contributed by atoms with Gasteiger partial charge in [0, 0.05) is 18.7 Å². The summed E-state index contributed by atoms with van der Waals surface area (Å²) in [6.07, 6.45) is 10.4. The summed E-state index contributed by atoms with van der Waals surface area (Å²) in [4.78, 5) is 0. The normalized spacial score (nSPS) is 29.7. The van der Waals surface area contributed by atoms with E-state index in [4.69, 9.17) is 4.74 Å². The monoisotopic (exact) mass is 325 g/mol. The lowest BCUT2D eigenvalue weighted by molar-refractivity contribution is 0.0286. The fraction of sp³-hybridized carbons (Fsp3) is 0.545. The summed E-state index contributed by atoms with van der Waals surface area (Å²) in [6, 6.07) is 11.8. The summed E-state index contributed by atoms with van der Waals surface area (Å²) in [5, 5.41) is 3.87. The minimum absolute atomic E-state index is 0.501. The Balaban J connectivity index is 1.45. The Morgan fingerprint density at radius 2 is 2.08 bits per heavy atom. The van der Waals surface area contributed by atoms with Crippen molar-refractivity contribution >= 4 is 0 Å². The number of hydrogen-bond acceptors (Lipinski definition) is 2. The first kappa shape index (κ1) is 17.4. The highest BCUT2D eigenvalue weighted by molar-refractivity contribution is 5.21. The maximum absolute atomic E-state index is 5.63. The Bertz CT molecular complexity index is 550. The van der Waals surface area contributed by atoms with Crippen LogP contribution in [0.2, 0.25) is 0 Å². The SMILES string of the molecule is C=C(CCc1ccccc1)C1C=CC(NC2CCOCC2CC)C1. The molecule has 24 heavy (non-hydrogen) atoms. The van der Waals surface area contributed by atoms with Crippen molar-refractivity contribution in [1.82, 2.24) is 5.32 Å². The van der Waals surface area contributed by atoms with Gasteiger partial charge in [-0.05, 0) is 49.5 Å². The van der Waals surface area contributed by atoms with Crippen LogP contribution < -0.4 is 5.32 Å². The molecule has 1 heterocycles. The molecular weight excluding hydrogens is 294 g/mol. The van der Waals surface area contributed by atoms with E-state index in [9.17, 15) is 0 Å². The molecule has 0 aromatic heterocycles. The quantitative estimate of drug-likeness (QED) is 0.744. The number of benzene rings is 1. The topological polar surface area (TPSA) is 21.3 Å². The second-order valence-corrected chi connectivity index (χ2v) is 7.28.